The zero-order chi connectivity index (χ0) is 20.4. The third kappa shape index (κ3) is 4.25. The van der Waals surface area contributed by atoms with Gasteiger partial charge in [-0.15, -0.1) is 31.7 Å². The zero-order valence-electron chi connectivity index (χ0n) is 16.2. The number of nitrogens with zero attached hydrogens (tertiary/aromatic N) is 5. The third-order valence-electron chi connectivity index (χ3n) is 4.18. The van der Waals surface area contributed by atoms with Crippen LogP contribution in [0.1, 0.15) is 31.9 Å². The van der Waals surface area contributed by atoms with Crippen molar-refractivity contribution in [2.45, 2.75) is 37.7 Å². The summed E-state index contributed by atoms with van der Waals surface area (Å²) in [5, 5.41) is 19.5. The quantitative estimate of drug-likeness (QED) is 0.351. The molecule has 3 aromatic heterocycles. The molecule has 150 valence electrons. The Labute approximate surface area is 176 Å². The van der Waals surface area contributed by atoms with Crippen molar-refractivity contribution in [3.8, 4) is 22.2 Å². The van der Waals surface area contributed by atoms with E-state index in [1.165, 1.54) is 17.8 Å². The molecular weight excluding hydrogens is 409 g/mol. The van der Waals surface area contributed by atoms with Crippen LogP contribution < -0.4 is 0 Å². The minimum Gasteiger partial charge on any atom is -0.419 e. The minimum absolute atomic E-state index is 0.125. The van der Waals surface area contributed by atoms with E-state index in [0.717, 1.165) is 4.88 Å². The number of thioether (sulfide) groups is 1. The van der Waals surface area contributed by atoms with Crippen LogP contribution in [0.25, 0.3) is 22.2 Å². The molecule has 0 amide bonds. The van der Waals surface area contributed by atoms with Crippen LogP contribution in [-0.4, -0.2) is 25.0 Å². The van der Waals surface area contributed by atoms with Crippen molar-refractivity contribution in [1.82, 2.24) is 25.0 Å². The van der Waals surface area contributed by atoms with Crippen LogP contribution in [0.15, 0.2) is 51.4 Å². The predicted octanol–water partition coefficient (Wildman–Crippen LogP) is 5.71. The van der Waals surface area contributed by atoms with Gasteiger partial charge < -0.3 is 8.98 Å². The molecule has 0 N–H and O–H groups in total. The molecule has 0 fully saturated rings. The van der Waals surface area contributed by atoms with E-state index in [4.69, 9.17) is 4.42 Å². The van der Waals surface area contributed by atoms with Gasteiger partial charge in [0.05, 0.1) is 15.7 Å². The number of aromatic nitrogens is 5. The maximum atomic E-state index is 14.3. The molecule has 0 unspecified atom stereocenters. The lowest BCUT2D eigenvalue weighted by Gasteiger charge is -2.14. The van der Waals surface area contributed by atoms with Crippen LogP contribution in [-0.2, 0) is 6.54 Å². The second-order valence-electron chi connectivity index (χ2n) is 6.97. The van der Waals surface area contributed by atoms with Crippen molar-refractivity contribution in [3.63, 3.8) is 0 Å². The Morgan fingerprint density at radius 2 is 1.90 bits per heavy atom. The fraction of sp³-hybridized carbons (Fsp3) is 0.300. The van der Waals surface area contributed by atoms with Gasteiger partial charge in [-0.05, 0) is 36.4 Å². The van der Waals surface area contributed by atoms with Crippen LogP contribution in [0, 0.1) is 11.7 Å². The fourth-order valence-corrected chi connectivity index (χ4v) is 4.39. The van der Waals surface area contributed by atoms with Gasteiger partial charge in [0.15, 0.2) is 11.0 Å². The molecule has 0 spiro atoms. The molecule has 0 bridgehead atoms. The summed E-state index contributed by atoms with van der Waals surface area (Å²) in [5.74, 6) is 1.59. The van der Waals surface area contributed by atoms with E-state index < -0.39 is 0 Å². The second-order valence-corrected chi connectivity index (χ2v) is 9.23. The second kappa shape index (κ2) is 8.46. The minimum atomic E-state index is -0.313. The molecule has 4 rings (SSSR count). The molecule has 1 atom stereocenters. The van der Waals surface area contributed by atoms with Gasteiger partial charge in [0.25, 0.3) is 5.89 Å². The van der Waals surface area contributed by atoms with E-state index >= 15 is 0 Å². The van der Waals surface area contributed by atoms with Gasteiger partial charge in [-0.1, -0.05) is 43.8 Å². The molecule has 4 aromatic rings. The fourth-order valence-electron chi connectivity index (χ4n) is 2.85. The van der Waals surface area contributed by atoms with Gasteiger partial charge in [0.1, 0.15) is 5.82 Å². The SMILES string of the molecule is CC(C)Cn1c(S[C@H](C)c2nnc(-c3cccs3)o2)nnc1-c1ccccc1F. The third-order valence-corrected chi connectivity index (χ3v) is 6.11. The monoisotopic (exact) mass is 429 g/mol. The molecule has 0 aliphatic rings. The maximum absolute atomic E-state index is 14.3. The van der Waals surface area contributed by atoms with E-state index in [1.807, 2.05) is 29.0 Å². The number of hydrogen-bond donors (Lipinski definition) is 0. The van der Waals surface area contributed by atoms with Gasteiger partial charge in [0.2, 0.25) is 5.89 Å². The van der Waals surface area contributed by atoms with Crippen molar-refractivity contribution in [3.05, 3.63) is 53.5 Å². The highest BCUT2D eigenvalue weighted by atomic mass is 32.2. The Morgan fingerprint density at radius 3 is 2.62 bits per heavy atom. The highest BCUT2D eigenvalue weighted by Gasteiger charge is 2.23. The van der Waals surface area contributed by atoms with Gasteiger partial charge in [0, 0.05) is 6.54 Å². The predicted molar refractivity (Wildman–Crippen MR) is 112 cm³/mol. The first-order valence-electron chi connectivity index (χ1n) is 9.25. The number of rotatable bonds is 7. The number of hydrogen-bond acceptors (Lipinski definition) is 7. The molecule has 0 aliphatic carbocycles. The standard InChI is InChI=1S/C20H20FN5OS2/c1-12(2)11-26-17(14-7-4-5-8-15(14)21)22-25-20(26)29-13(3)18-23-24-19(27-18)16-9-6-10-28-16/h4-10,12-13H,11H2,1-3H3/t13-/m1/s1. The zero-order valence-corrected chi connectivity index (χ0v) is 17.9. The summed E-state index contributed by atoms with van der Waals surface area (Å²) < 4.78 is 22.1. The number of halogens is 1. The maximum Gasteiger partial charge on any atom is 0.257 e. The van der Waals surface area contributed by atoms with Gasteiger partial charge >= 0.3 is 0 Å². The molecule has 1 aromatic carbocycles. The lowest BCUT2D eigenvalue weighted by molar-refractivity contribution is 0.493. The van der Waals surface area contributed by atoms with E-state index in [1.54, 1.807) is 29.5 Å². The van der Waals surface area contributed by atoms with Crippen molar-refractivity contribution in [2.24, 2.45) is 5.92 Å². The van der Waals surface area contributed by atoms with Crippen LogP contribution in [0.4, 0.5) is 4.39 Å². The largest absolute Gasteiger partial charge is 0.419 e. The Hall–Kier alpha value is -2.52. The Balaban J connectivity index is 1.62. The van der Waals surface area contributed by atoms with E-state index in [0.29, 0.717) is 40.8 Å². The summed E-state index contributed by atoms with van der Waals surface area (Å²) in [7, 11) is 0. The van der Waals surface area contributed by atoms with E-state index in [2.05, 4.69) is 34.2 Å². The first-order valence-corrected chi connectivity index (χ1v) is 11.0. The average molecular weight is 430 g/mol. The van der Waals surface area contributed by atoms with Gasteiger partial charge in [-0.25, -0.2) is 4.39 Å². The lowest BCUT2D eigenvalue weighted by atomic mass is 10.2. The van der Waals surface area contributed by atoms with Crippen molar-refractivity contribution < 1.29 is 8.81 Å². The Bertz CT molecular complexity index is 1090. The normalized spacial score (nSPS) is 12.6. The molecular formula is C20H20FN5OS2. The molecule has 0 radical (unpaired) electrons. The Kier molecular flexibility index (Phi) is 5.77. The van der Waals surface area contributed by atoms with Gasteiger partial charge in [-0.2, -0.15) is 0 Å². The van der Waals surface area contributed by atoms with Crippen molar-refractivity contribution in [2.75, 3.05) is 0 Å². The summed E-state index contributed by atoms with van der Waals surface area (Å²) in [6.45, 7) is 6.87. The summed E-state index contributed by atoms with van der Waals surface area (Å²) in [4.78, 5) is 0.936. The summed E-state index contributed by atoms with van der Waals surface area (Å²) in [6, 6.07) is 10.5. The average Bonchev–Trinajstić information content (AvgIpc) is 3.43. The highest BCUT2D eigenvalue weighted by molar-refractivity contribution is 7.99. The first kappa shape index (κ1) is 19.8. The van der Waals surface area contributed by atoms with Gasteiger partial charge in [-0.3, -0.25) is 0 Å². The topological polar surface area (TPSA) is 69.6 Å². The van der Waals surface area contributed by atoms with Crippen molar-refractivity contribution >= 4 is 23.1 Å². The molecule has 9 heteroatoms. The van der Waals surface area contributed by atoms with Crippen LogP contribution in [0.2, 0.25) is 0 Å². The molecule has 29 heavy (non-hydrogen) atoms. The first-order chi connectivity index (χ1) is 14.0. The molecule has 0 saturated heterocycles. The molecule has 0 saturated carbocycles. The van der Waals surface area contributed by atoms with Crippen LogP contribution in [0.5, 0.6) is 0 Å². The molecule has 6 nitrogen and oxygen atoms in total. The number of thiophene rings is 1. The smallest absolute Gasteiger partial charge is 0.257 e. The number of benzene rings is 1. The summed E-state index contributed by atoms with van der Waals surface area (Å²) in [5.41, 5.74) is 0.443. The van der Waals surface area contributed by atoms with E-state index in [-0.39, 0.29) is 11.1 Å². The lowest BCUT2D eigenvalue weighted by Crippen LogP contribution is -2.09. The highest BCUT2D eigenvalue weighted by Crippen LogP contribution is 2.36. The van der Waals surface area contributed by atoms with Crippen LogP contribution in [0.3, 0.4) is 0 Å². The summed E-state index contributed by atoms with van der Waals surface area (Å²) >= 11 is 3.02. The Morgan fingerprint density at radius 1 is 1.07 bits per heavy atom. The van der Waals surface area contributed by atoms with Crippen LogP contribution >= 0.6 is 23.1 Å². The summed E-state index contributed by atoms with van der Waals surface area (Å²) in [6.07, 6.45) is 0. The molecule has 0 aliphatic heterocycles. The van der Waals surface area contributed by atoms with E-state index in [9.17, 15) is 4.39 Å². The molecule has 3 heterocycles. The van der Waals surface area contributed by atoms with Crippen molar-refractivity contribution in [1.29, 1.82) is 0 Å².